The van der Waals surface area contributed by atoms with Crippen LogP contribution in [0, 0.1) is 0 Å². The average molecular weight is 325 g/mol. The van der Waals surface area contributed by atoms with E-state index in [1.807, 2.05) is 0 Å². The van der Waals surface area contributed by atoms with Gasteiger partial charge in [-0.3, -0.25) is 4.79 Å². The molecule has 0 saturated heterocycles. The predicted molar refractivity (Wildman–Crippen MR) is 87.5 cm³/mol. The van der Waals surface area contributed by atoms with Gasteiger partial charge in [0.05, 0.1) is 5.69 Å². The molecule has 6 heteroatoms. The molecule has 0 unspecified atom stereocenters. The van der Waals surface area contributed by atoms with Crippen LogP contribution in [0.25, 0.3) is 28.1 Å². The molecule has 2 aliphatic rings. The average Bonchev–Trinajstić information content (AvgIpc) is 2.55. The van der Waals surface area contributed by atoms with Crippen LogP contribution in [0.15, 0.2) is 68.6 Å². The van der Waals surface area contributed by atoms with E-state index < -0.39 is 11.2 Å². The lowest BCUT2D eigenvalue weighted by atomic mass is 10.1. The van der Waals surface area contributed by atoms with Crippen LogP contribution in [0.3, 0.4) is 0 Å². The Labute approximate surface area is 134 Å². The van der Waals surface area contributed by atoms with E-state index in [1.165, 1.54) is 0 Å². The van der Waals surface area contributed by atoms with Crippen LogP contribution in [0.5, 0.6) is 0 Å². The van der Waals surface area contributed by atoms with Crippen molar-refractivity contribution in [3.8, 4) is 17.1 Å². The Morgan fingerprint density at radius 1 is 1.00 bits per heavy atom. The monoisotopic (exact) mass is 324 g/mol. The minimum absolute atomic E-state index is 0.0157. The topological polar surface area (TPSA) is 65.1 Å². The van der Waals surface area contributed by atoms with Crippen LogP contribution >= 0.6 is 11.6 Å². The Hall–Kier alpha value is -2.92. The molecule has 4 rings (SSSR count). The Balaban J connectivity index is 2.12. The molecule has 0 amide bonds. The van der Waals surface area contributed by atoms with Gasteiger partial charge in [-0.1, -0.05) is 29.8 Å². The van der Waals surface area contributed by atoms with Crippen molar-refractivity contribution in [2.45, 2.75) is 0 Å². The van der Waals surface area contributed by atoms with Crippen LogP contribution < -0.4 is 11.2 Å². The highest BCUT2D eigenvalue weighted by Crippen LogP contribution is 2.25. The zero-order valence-electron chi connectivity index (χ0n) is 11.7. The molecule has 0 aromatic heterocycles. The maximum Gasteiger partial charge on any atom is 0.358 e. The summed E-state index contributed by atoms with van der Waals surface area (Å²) in [5, 5.41) is 1.20. The number of hydrogen-bond acceptors (Lipinski definition) is 4. The van der Waals surface area contributed by atoms with Gasteiger partial charge in [0, 0.05) is 10.4 Å². The number of rotatable bonds is 1. The van der Waals surface area contributed by atoms with Crippen molar-refractivity contribution in [1.29, 1.82) is 0 Å². The summed E-state index contributed by atoms with van der Waals surface area (Å²) in [4.78, 5) is 28.8. The van der Waals surface area contributed by atoms with Gasteiger partial charge in [-0.05, 0) is 36.4 Å². The second-order valence-electron chi connectivity index (χ2n) is 5.02. The number of nitrogens with zero attached hydrogens (tertiary/aromatic N) is 2. The first kappa shape index (κ1) is 13.7. The first-order valence-electron chi connectivity index (χ1n) is 6.85. The number of hydrogen-bond donors (Lipinski definition) is 0. The minimum atomic E-state index is -0.675. The van der Waals surface area contributed by atoms with Gasteiger partial charge in [0.2, 0.25) is 5.89 Å². The third kappa shape index (κ3) is 2.22. The van der Waals surface area contributed by atoms with Gasteiger partial charge >= 0.3 is 5.69 Å². The molecule has 0 saturated carbocycles. The zero-order chi connectivity index (χ0) is 16.0. The molecule has 0 bridgehead atoms. The van der Waals surface area contributed by atoms with Gasteiger partial charge in [-0.2, -0.15) is 4.98 Å². The van der Waals surface area contributed by atoms with Gasteiger partial charge < -0.3 is 4.42 Å². The molecule has 0 atom stereocenters. The van der Waals surface area contributed by atoms with E-state index in [4.69, 9.17) is 16.0 Å². The smallest absolute Gasteiger partial charge is 0.358 e. The second kappa shape index (κ2) is 5.07. The standard InChI is InChI=1S/C17H9ClN2O3/c18-11-6-7-14-10(8-11)9-13-15(23-14)19-17(22)20(16(13)21)12-4-2-1-3-5-12/h1-9H. The lowest BCUT2D eigenvalue weighted by Gasteiger charge is -2.09. The summed E-state index contributed by atoms with van der Waals surface area (Å²) in [6.07, 6.45) is 0. The highest BCUT2D eigenvalue weighted by Gasteiger charge is 2.18. The van der Waals surface area contributed by atoms with Crippen molar-refractivity contribution in [3.05, 3.63) is 80.5 Å². The molecule has 112 valence electrons. The molecular weight excluding hydrogens is 316 g/mol. The van der Waals surface area contributed by atoms with Crippen molar-refractivity contribution in [3.63, 3.8) is 0 Å². The van der Waals surface area contributed by atoms with Crippen molar-refractivity contribution in [2.75, 3.05) is 0 Å². The van der Waals surface area contributed by atoms with E-state index in [9.17, 15) is 9.59 Å². The van der Waals surface area contributed by atoms with E-state index in [0.717, 1.165) is 4.57 Å². The first-order valence-corrected chi connectivity index (χ1v) is 7.23. The van der Waals surface area contributed by atoms with Gasteiger partial charge in [0.1, 0.15) is 11.1 Å². The van der Waals surface area contributed by atoms with E-state index in [0.29, 0.717) is 21.7 Å². The normalized spacial score (nSPS) is 11.2. The quantitative estimate of drug-likeness (QED) is 0.505. The Bertz CT molecular complexity index is 1120. The fourth-order valence-corrected chi connectivity index (χ4v) is 2.67. The molecule has 2 aromatic carbocycles. The lowest BCUT2D eigenvalue weighted by molar-refractivity contribution is 0.587. The number of benzene rings is 2. The summed E-state index contributed by atoms with van der Waals surface area (Å²) in [5.41, 5.74) is 0.0413. The summed E-state index contributed by atoms with van der Waals surface area (Å²) in [5.74, 6) is 0.0157. The Kier molecular flexibility index (Phi) is 3.02. The molecule has 2 aliphatic heterocycles. The van der Waals surface area contributed by atoms with E-state index >= 15 is 0 Å². The van der Waals surface area contributed by atoms with Gasteiger partial charge in [-0.15, -0.1) is 0 Å². The van der Waals surface area contributed by atoms with Crippen LogP contribution in [0.1, 0.15) is 0 Å². The van der Waals surface area contributed by atoms with Crippen molar-refractivity contribution >= 4 is 22.6 Å². The molecule has 23 heavy (non-hydrogen) atoms. The Morgan fingerprint density at radius 2 is 1.78 bits per heavy atom. The maximum atomic E-state index is 12.7. The number of halogens is 1. The summed E-state index contributed by atoms with van der Waals surface area (Å²) < 4.78 is 6.59. The van der Waals surface area contributed by atoms with Gasteiger partial charge in [-0.25, -0.2) is 9.36 Å². The summed E-state index contributed by atoms with van der Waals surface area (Å²) >= 11 is 5.97. The van der Waals surface area contributed by atoms with Crippen LogP contribution in [0.2, 0.25) is 5.02 Å². The summed E-state index contributed by atoms with van der Waals surface area (Å²) in [7, 11) is 0. The molecule has 0 N–H and O–H groups in total. The fraction of sp³-hybridized carbons (Fsp3) is 0. The van der Waals surface area contributed by atoms with Crippen LogP contribution in [-0.2, 0) is 0 Å². The lowest BCUT2D eigenvalue weighted by Crippen LogP contribution is -2.35. The van der Waals surface area contributed by atoms with E-state index in [2.05, 4.69) is 4.98 Å². The van der Waals surface area contributed by atoms with Gasteiger partial charge in [0.25, 0.3) is 5.56 Å². The SMILES string of the molecule is O=c1nc2oc3ccc(Cl)cc3cc-2c(=O)n1-c1ccccc1. The third-order valence-corrected chi connectivity index (χ3v) is 3.78. The molecule has 0 fully saturated rings. The second-order valence-corrected chi connectivity index (χ2v) is 5.45. The predicted octanol–water partition coefficient (Wildman–Crippen LogP) is 3.10. The van der Waals surface area contributed by atoms with Crippen LogP contribution in [-0.4, -0.2) is 9.55 Å². The summed E-state index contributed by atoms with van der Waals surface area (Å²) in [6.45, 7) is 0. The third-order valence-electron chi connectivity index (χ3n) is 3.55. The molecule has 2 heterocycles. The van der Waals surface area contributed by atoms with E-state index in [1.54, 1.807) is 54.6 Å². The maximum absolute atomic E-state index is 12.7. The van der Waals surface area contributed by atoms with Gasteiger partial charge in [0.15, 0.2) is 0 Å². The molecule has 0 aliphatic carbocycles. The van der Waals surface area contributed by atoms with Crippen molar-refractivity contribution < 1.29 is 4.42 Å². The molecule has 0 spiro atoms. The number of fused-ring (bicyclic) bond motifs is 2. The van der Waals surface area contributed by atoms with Crippen molar-refractivity contribution in [2.24, 2.45) is 0 Å². The minimum Gasteiger partial charge on any atom is -0.437 e. The number of para-hydroxylation sites is 1. The highest BCUT2D eigenvalue weighted by molar-refractivity contribution is 6.31. The first-order chi connectivity index (χ1) is 11.1. The summed E-state index contributed by atoms with van der Waals surface area (Å²) in [6, 6.07) is 15.3. The highest BCUT2D eigenvalue weighted by atomic mass is 35.5. The van der Waals surface area contributed by atoms with Crippen molar-refractivity contribution in [1.82, 2.24) is 9.55 Å². The largest absolute Gasteiger partial charge is 0.437 e. The number of aromatic nitrogens is 2. The molecule has 5 nitrogen and oxygen atoms in total. The zero-order valence-corrected chi connectivity index (χ0v) is 12.4. The molecule has 0 radical (unpaired) electrons. The molecule has 2 aromatic rings. The fourth-order valence-electron chi connectivity index (χ4n) is 2.49. The molecular formula is C17H9ClN2O3. The Morgan fingerprint density at radius 3 is 2.57 bits per heavy atom. The van der Waals surface area contributed by atoms with Crippen LogP contribution in [0.4, 0.5) is 0 Å². The van der Waals surface area contributed by atoms with E-state index in [-0.39, 0.29) is 11.5 Å².